The van der Waals surface area contributed by atoms with Gasteiger partial charge in [0.25, 0.3) is 0 Å². The van der Waals surface area contributed by atoms with Crippen LogP contribution in [-0.2, 0) is 6.18 Å². The number of piperidine rings is 1. The van der Waals surface area contributed by atoms with E-state index in [0.29, 0.717) is 23.8 Å². The van der Waals surface area contributed by atoms with Crippen LogP contribution in [0.4, 0.5) is 19.1 Å². The minimum Gasteiger partial charge on any atom is -0.424 e. The van der Waals surface area contributed by atoms with E-state index in [2.05, 4.69) is 20.7 Å². The SMILES string of the molecule is CC(C)n1nc(N[C@H]2[C@@H]3CC[C@H]2CNC3)nc1Oc1cccc(C(F)(F)F)c1. The molecule has 3 atom stereocenters. The second-order valence-corrected chi connectivity index (χ2v) is 7.81. The van der Waals surface area contributed by atoms with E-state index >= 15 is 0 Å². The van der Waals surface area contributed by atoms with Gasteiger partial charge in [0.2, 0.25) is 5.95 Å². The van der Waals surface area contributed by atoms with Gasteiger partial charge in [-0.25, -0.2) is 4.68 Å². The van der Waals surface area contributed by atoms with E-state index in [-0.39, 0.29) is 17.8 Å². The Hall–Kier alpha value is -2.29. The van der Waals surface area contributed by atoms with Gasteiger partial charge in [0, 0.05) is 6.04 Å². The Morgan fingerprint density at radius 2 is 1.93 bits per heavy atom. The van der Waals surface area contributed by atoms with Crippen molar-refractivity contribution in [3.8, 4) is 11.8 Å². The number of alkyl halides is 3. The molecule has 2 fully saturated rings. The van der Waals surface area contributed by atoms with Gasteiger partial charge < -0.3 is 15.4 Å². The van der Waals surface area contributed by atoms with Gasteiger partial charge in [-0.3, -0.25) is 0 Å². The zero-order valence-electron chi connectivity index (χ0n) is 15.8. The highest BCUT2D eigenvalue weighted by Crippen LogP contribution is 2.36. The molecule has 0 radical (unpaired) electrons. The van der Waals surface area contributed by atoms with Crippen molar-refractivity contribution in [2.45, 2.75) is 44.9 Å². The molecule has 4 rings (SSSR count). The summed E-state index contributed by atoms with van der Waals surface area (Å²) in [4.78, 5) is 4.43. The van der Waals surface area contributed by atoms with E-state index in [4.69, 9.17) is 4.74 Å². The van der Waals surface area contributed by atoms with Crippen LogP contribution >= 0.6 is 0 Å². The molecule has 152 valence electrons. The number of fused-ring (bicyclic) bond motifs is 2. The maximum Gasteiger partial charge on any atom is 0.416 e. The highest BCUT2D eigenvalue weighted by molar-refractivity contribution is 5.34. The standard InChI is InChI=1S/C19H24F3N5O/c1-11(2)27-18(28-15-5-3-4-14(8-15)19(20,21)22)25-17(26-27)24-16-12-6-7-13(16)10-23-9-12/h3-5,8,11-13,16,23H,6-7,9-10H2,1-2H3,(H,24,26)/t12-,13+,16+. The molecule has 1 aromatic carbocycles. The van der Waals surface area contributed by atoms with E-state index in [1.54, 1.807) is 4.68 Å². The number of hydrogen-bond donors (Lipinski definition) is 2. The molecule has 9 heteroatoms. The fourth-order valence-corrected chi connectivity index (χ4v) is 4.09. The number of anilines is 1. The predicted octanol–water partition coefficient (Wildman–Crippen LogP) is 4.08. The molecule has 1 saturated heterocycles. The minimum absolute atomic E-state index is 0.0476. The zero-order chi connectivity index (χ0) is 19.9. The van der Waals surface area contributed by atoms with Gasteiger partial charge in [-0.1, -0.05) is 6.07 Å². The smallest absolute Gasteiger partial charge is 0.416 e. The van der Waals surface area contributed by atoms with Crippen LogP contribution in [0.1, 0.15) is 38.3 Å². The summed E-state index contributed by atoms with van der Waals surface area (Å²) in [5.41, 5.74) is -0.759. The number of halogens is 3. The number of nitrogens with zero attached hydrogens (tertiary/aromatic N) is 3. The average molecular weight is 395 g/mol. The topological polar surface area (TPSA) is 64.0 Å². The summed E-state index contributed by atoms with van der Waals surface area (Å²) in [5, 5.41) is 11.4. The predicted molar refractivity (Wildman–Crippen MR) is 98.4 cm³/mol. The van der Waals surface area contributed by atoms with Crippen molar-refractivity contribution in [1.29, 1.82) is 0 Å². The van der Waals surface area contributed by atoms with Crippen LogP contribution in [0.15, 0.2) is 24.3 Å². The number of rotatable bonds is 5. The summed E-state index contributed by atoms with van der Waals surface area (Å²) in [7, 11) is 0. The van der Waals surface area contributed by atoms with Gasteiger partial charge in [-0.15, -0.1) is 5.10 Å². The van der Waals surface area contributed by atoms with Gasteiger partial charge in [-0.2, -0.15) is 18.2 Å². The average Bonchev–Trinajstić information content (AvgIpc) is 3.11. The molecule has 0 unspecified atom stereocenters. The van der Waals surface area contributed by atoms with Crippen LogP contribution in [0.5, 0.6) is 11.8 Å². The van der Waals surface area contributed by atoms with Gasteiger partial charge in [0.15, 0.2) is 0 Å². The first-order valence-corrected chi connectivity index (χ1v) is 9.60. The highest BCUT2D eigenvalue weighted by Gasteiger charge is 2.39. The monoisotopic (exact) mass is 395 g/mol. The zero-order valence-corrected chi connectivity index (χ0v) is 15.8. The second kappa shape index (κ2) is 7.27. The first-order chi connectivity index (χ1) is 13.3. The largest absolute Gasteiger partial charge is 0.424 e. The van der Waals surface area contributed by atoms with Gasteiger partial charge in [0.1, 0.15) is 5.75 Å². The lowest BCUT2D eigenvalue weighted by Crippen LogP contribution is -2.45. The number of aromatic nitrogens is 3. The molecule has 1 aliphatic heterocycles. The molecular weight excluding hydrogens is 371 g/mol. The van der Waals surface area contributed by atoms with Crippen LogP contribution in [-0.4, -0.2) is 33.9 Å². The lowest BCUT2D eigenvalue weighted by molar-refractivity contribution is -0.137. The summed E-state index contributed by atoms with van der Waals surface area (Å²) in [5.74, 6) is 1.62. The third-order valence-electron chi connectivity index (χ3n) is 5.49. The molecule has 1 aliphatic carbocycles. The third-order valence-corrected chi connectivity index (χ3v) is 5.49. The van der Waals surface area contributed by atoms with E-state index in [9.17, 15) is 13.2 Å². The summed E-state index contributed by atoms with van der Waals surface area (Å²) < 4.78 is 46.1. The molecule has 6 nitrogen and oxygen atoms in total. The summed E-state index contributed by atoms with van der Waals surface area (Å²) in [6.07, 6.45) is -2.08. The van der Waals surface area contributed by atoms with Crippen molar-refractivity contribution in [3.05, 3.63) is 29.8 Å². The van der Waals surface area contributed by atoms with Crippen molar-refractivity contribution < 1.29 is 17.9 Å². The Bertz CT molecular complexity index is 819. The highest BCUT2D eigenvalue weighted by atomic mass is 19.4. The Morgan fingerprint density at radius 3 is 2.57 bits per heavy atom. The van der Waals surface area contributed by atoms with Crippen LogP contribution < -0.4 is 15.4 Å². The quantitative estimate of drug-likeness (QED) is 0.799. The number of hydrogen-bond acceptors (Lipinski definition) is 5. The number of nitrogens with one attached hydrogen (secondary N) is 2. The Kier molecular flexibility index (Phi) is 4.95. The summed E-state index contributed by atoms with van der Waals surface area (Å²) >= 11 is 0. The Morgan fingerprint density at radius 1 is 1.21 bits per heavy atom. The maximum absolute atomic E-state index is 13.0. The summed E-state index contributed by atoms with van der Waals surface area (Å²) in [6, 6.07) is 5.23. The van der Waals surface area contributed by atoms with Gasteiger partial charge in [-0.05, 0) is 69.8 Å². The first-order valence-electron chi connectivity index (χ1n) is 9.60. The molecule has 2 aliphatic rings. The molecule has 1 saturated carbocycles. The second-order valence-electron chi connectivity index (χ2n) is 7.81. The van der Waals surface area contributed by atoms with Crippen LogP contribution in [0, 0.1) is 11.8 Å². The number of ether oxygens (including phenoxy) is 1. The fourth-order valence-electron chi connectivity index (χ4n) is 4.09. The van der Waals surface area contributed by atoms with E-state index < -0.39 is 11.7 Å². The van der Waals surface area contributed by atoms with Crippen molar-refractivity contribution in [3.63, 3.8) is 0 Å². The van der Waals surface area contributed by atoms with Gasteiger partial charge >= 0.3 is 12.2 Å². The summed E-state index contributed by atoms with van der Waals surface area (Å²) in [6.45, 7) is 5.80. The van der Waals surface area contributed by atoms with E-state index in [0.717, 1.165) is 25.2 Å². The van der Waals surface area contributed by atoms with Crippen LogP contribution in [0.3, 0.4) is 0 Å². The van der Waals surface area contributed by atoms with Crippen LogP contribution in [0.25, 0.3) is 0 Å². The Balaban J connectivity index is 1.56. The maximum atomic E-state index is 13.0. The third kappa shape index (κ3) is 3.80. The van der Waals surface area contributed by atoms with E-state index in [1.807, 2.05) is 13.8 Å². The molecule has 2 N–H and O–H groups in total. The van der Waals surface area contributed by atoms with Crippen molar-refractivity contribution in [2.75, 3.05) is 18.4 Å². The molecular formula is C19H24F3N5O. The molecule has 2 aromatic rings. The van der Waals surface area contributed by atoms with E-state index in [1.165, 1.54) is 25.0 Å². The molecule has 0 spiro atoms. The van der Waals surface area contributed by atoms with Crippen LogP contribution in [0.2, 0.25) is 0 Å². The minimum atomic E-state index is -4.42. The van der Waals surface area contributed by atoms with Crippen molar-refractivity contribution in [2.24, 2.45) is 11.8 Å². The first kappa shape index (κ1) is 19.0. The molecule has 0 amide bonds. The molecule has 1 aromatic heterocycles. The van der Waals surface area contributed by atoms with Crippen molar-refractivity contribution >= 4 is 5.95 Å². The van der Waals surface area contributed by atoms with Crippen molar-refractivity contribution in [1.82, 2.24) is 20.1 Å². The molecule has 28 heavy (non-hydrogen) atoms. The lowest BCUT2D eigenvalue weighted by Gasteiger charge is -2.30. The molecule has 2 heterocycles. The molecule has 2 bridgehead atoms. The lowest BCUT2D eigenvalue weighted by atomic mass is 9.94. The number of benzene rings is 1. The Labute approximate surface area is 161 Å². The fraction of sp³-hybridized carbons (Fsp3) is 0.579. The normalized spacial score (nSPS) is 24.6. The van der Waals surface area contributed by atoms with Gasteiger partial charge in [0.05, 0.1) is 11.6 Å².